The Bertz CT molecular complexity index is 577. The van der Waals surface area contributed by atoms with Gasteiger partial charge < -0.3 is 9.47 Å². The molecule has 0 radical (unpaired) electrons. The van der Waals surface area contributed by atoms with Crippen LogP contribution >= 0.6 is 26.6 Å². The van der Waals surface area contributed by atoms with Crippen molar-refractivity contribution in [3.05, 3.63) is 22.7 Å². The Morgan fingerprint density at radius 2 is 1.90 bits per heavy atom. The maximum absolute atomic E-state index is 11.8. The van der Waals surface area contributed by atoms with E-state index in [4.69, 9.17) is 15.4 Å². The molecule has 0 atom stereocenters. The van der Waals surface area contributed by atoms with Crippen molar-refractivity contribution in [2.75, 3.05) is 19.8 Å². The SMILES string of the molecule is O=S(=O)(Cl)c1ccc(OCCCOCC(F)(F)F)c(Br)c1. The first-order valence-corrected chi connectivity index (χ1v) is 8.71. The molecule has 0 spiro atoms. The van der Waals surface area contributed by atoms with Crippen molar-refractivity contribution in [3.63, 3.8) is 0 Å². The van der Waals surface area contributed by atoms with Crippen LogP contribution in [0, 0.1) is 0 Å². The summed E-state index contributed by atoms with van der Waals surface area (Å²) in [5.41, 5.74) is 0. The summed E-state index contributed by atoms with van der Waals surface area (Å²) < 4.78 is 67.7. The Hall–Kier alpha value is -0.510. The first-order valence-electron chi connectivity index (χ1n) is 5.61. The summed E-state index contributed by atoms with van der Waals surface area (Å²) in [7, 11) is 1.35. The number of hydrogen-bond donors (Lipinski definition) is 0. The van der Waals surface area contributed by atoms with E-state index in [1.54, 1.807) is 0 Å². The summed E-state index contributed by atoms with van der Waals surface area (Å²) in [5.74, 6) is 0.356. The molecule has 0 saturated heterocycles. The molecule has 0 bridgehead atoms. The van der Waals surface area contributed by atoms with Crippen molar-refractivity contribution >= 4 is 35.7 Å². The zero-order valence-electron chi connectivity index (χ0n) is 10.5. The van der Waals surface area contributed by atoms with Gasteiger partial charge in [0.25, 0.3) is 9.05 Å². The van der Waals surface area contributed by atoms with Crippen LogP contribution in [0.3, 0.4) is 0 Å². The number of rotatable bonds is 7. The van der Waals surface area contributed by atoms with Gasteiger partial charge in [-0.2, -0.15) is 13.2 Å². The van der Waals surface area contributed by atoms with E-state index in [9.17, 15) is 21.6 Å². The molecule has 0 N–H and O–H groups in total. The summed E-state index contributed by atoms with van der Waals surface area (Å²) in [6.07, 6.45) is -4.08. The fourth-order valence-electron chi connectivity index (χ4n) is 1.28. The van der Waals surface area contributed by atoms with Crippen LogP contribution in [0.4, 0.5) is 13.2 Å². The summed E-state index contributed by atoms with van der Waals surface area (Å²) in [6, 6.07) is 3.94. The number of hydrogen-bond acceptors (Lipinski definition) is 4. The lowest BCUT2D eigenvalue weighted by molar-refractivity contribution is -0.174. The molecule has 0 aliphatic rings. The summed E-state index contributed by atoms with van der Waals surface area (Å²) >= 11 is 3.12. The van der Waals surface area contributed by atoms with Crippen LogP contribution in [0.15, 0.2) is 27.6 Å². The number of halogens is 5. The predicted octanol–water partition coefficient (Wildman–Crippen LogP) is 3.72. The Labute approximate surface area is 132 Å². The molecule has 0 fully saturated rings. The highest BCUT2D eigenvalue weighted by Crippen LogP contribution is 2.29. The minimum atomic E-state index is -4.34. The predicted molar refractivity (Wildman–Crippen MR) is 74.2 cm³/mol. The second-order valence-corrected chi connectivity index (χ2v) is 7.32. The number of alkyl halides is 3. The molecule has 0 saturated carbocycles. The quantitative estimate of drug-likeness (QED) is 0.507. The maximum atomic E-state index is 11.8. The fraction of sp³-hybridized carbons (Fsp3) is 0.455. The third-order valence-electron chi connectivity index (χ3n) is 2.14. The van der Waals surface area contributed by atoms with Gasteiger partial charge in [0, 0.05) is 17.1 Å². The first-order chi connectivity index (χ1) is 9.59. The Morgan fingerprint density at radius 3 is 2.43 bits per heavy atom. The van der Waals surface area contributed by atoms with Crippen molar-refractivity contribution in [1.82, 2.24) is 0 Å². The van der Waals surface area contributed by atoms with Gasteiger partial charge in [0.15, 0.2) is 0 Å². The van der Waals surface area contributed by atoms with E-state index in [0.717, 1.165) is 0 Å². The average Bonchev–Trinajstić information content (AvgIpc) is 2.32. The van der Waals surface area contributed by atoms with Crippen LogP contribution in [0.1, 0.15) is 6.42 Å². The average molecular weight is 412 g/mol. The van der Waals surface area contributed by atoms with E-state index in [1.165, 1.54) is 18.2 Å². The molecule has 120 valence electrons. The normalized spacial score (nSPS) is 12.4. The van der Waals surface area contributed by atoms with Gasteiger partial charge in [-0.15, -0.1) is 0 Å². The van der Waals surface area contributed by atoms with Gasteiger partial charge in [0.1, 0.15) is 12.4 Å². The molecule has 0 heterocycles. The van der Waals surface area contributed by atoms with E-state index in [-0.39, 0.29) is 24.5 Å². The highest BCUT2D eigenvalue weighted by molar-refractivity contribution is 9.10. The van der Waals surface area contributed by atoms with Gasteiger partial charge >= 0.3 is 6.18 Å². The molecule has 0 aromatic heterocycles. The summed E-state index contributed by atoms with van der Waals surface area (Å²) in [4.78, 5) is -0.0862. The minimum absolute atomic E-state index is 0.0862. The molecule has 0 unspecified atom stereocenters. The molecule has 21 heavy (non-hydrogen) atoms. The zero-order chi connectivity index (χ0) is 16.1. The van der Waals surface area contributed by atoms with Crippen LogP contribution in [0.25, 0.3) is 0 Å². The van der Waals surface area contributed by atoms with Crippen LogP contribution in [0.2, 0.25) is 0 Å². The van der Waals surface area contributed by atoms with Crippen LogP contribution in [-0.4, -0.2) is 34.4 Å². The first kappa shape index (κ1) is 18.5. The molecule has 1 aromatic rings. The molecule has 1 aromatic carbocycles. The standard InChI is InChI=1S/C11H11BrClF3O4S/c12-9-6-8(21(13,17)18)2-3-10(9)20-5-1-4-19-7-11(14,15)16/h2-3,6H,1,4-5,7H2. The van der Waals surface area contributed by atoms with Gasteiger partial charge in [-0.25, -0.2) is 8.42 Å². The van der Waals surface area contributed by atoms with E-state index < -0.39 is 21.8 Å². The van der Waals surface area contributed by atoms with Crippen LogP contribution in [-0.2, 0) is 13.8 Å². The molecule has 0 aliphatic carbocycles. The van der Waals surface area contributed by atoms with E-state index in [2.05, 4.69) is 20.7 Å². The van der Waals surface area contributed by atoms with Gasteiger partial charge in [-0.3, -0.25) is 0 Å². The van der Waals surface area contributed by atoms with Crippen molar-refractivity contribution < 1.29 is 31.1 Å². The van der Waals surface area contributed by atoms with Gasteiger partial charge in [-0.1, -0.05) is 0 Å². The molecule has 10 heteroatoms. The van der Waals surface area contributed by atoms with Crippen molar-refractivity contribution in [1.29, 1.82) is 0 Å². The number of benzene rings is 1. The third kappa shape index (κ3) is 7.35. The molecule has 4 nitrogen and oxygen atoms in total. The van der Waals surface area contributed by atoms with E-state index >= 15 is 0 Å². The molecular formula is C11H11BrClF3O4S. The Balaban J connectivity index is 2.40. The van der Waals surface area contributed by atoms with E-state index in [0.29, 0.717) is 10.2 Å². The van der Waals surface area contributed by atoms with Gasteiger partial charge in [-0.05, 0) is 34.1 Å². The Morgan fingerprint density at radius 1 is 1.24 bits per heavy atom. The van der Waals surface area contributed by atoms with Crippen LogP contribution in [0.5, 0.6) is 5.75 Å². The second kappa shape index (κ2) is 7.66. The highest BCUT2D eigenvalue weighted by atomic mass is 79.9. The molecule has 0 amide bonds. The van der Waals surface area contributed by atoms with Crippen molar-refractivity contribution in [2.24, 2.45) is 0 Å². The highest BCUT2D eigenvalue weighted by Gasteiger charge is 2.27. The molecule has 1 rings (SSSR count). The fourth-order valence-corrected chi connectivity index (χ4v) is 2.70. The lowest BCUT2D eigenvalue weighted by Crippen LogP contribution is -2.18. The second-order valence-electron chi connectivity index (χ2n) is 3.90. The topological polar surface area (TPSA) is 52.6 Å². The lowest BCUT2D eigenvalue weighted by atomic mass is 10.3. The van der Waals surface area contributed by atoms with Gasteiger partial charge in [0.2, 0.25) is 0 Å². The molecular weight excluding hydrogens is 401 g/mol. The van der Waals surface area contributed by atoms with Crippen LogP contribution < -0.4 is 4.74 Å². The smallest absolute Gasteiger partial charge is 0.411 e. The Kier molecular flexibility index (Phi) is 6.76. The monoisotopic (exact) mass is 410 g/mol. The van der Waals surface area contributed by atoms with Crippen molar-refractivity contribution in [3.8, 4) is 5.75 Å². The van der Waals surface area contributed by atoms with Crippen molar-refractivity contribution in [2.45, 2.75) is 17.5 Å². The van der Waals surface area contributed by atoms with E-state index in [1.807, 2.05) is 0 Å². The summed E-state index contributed by atoms with van der Waals surface area (Å²) in [5, 5.41) is 0. The number of ether oxygens (including phenoxy) is 2. The summed E-state index contributed by atoms with van der Waals surface area (Å²) in [6.45, 7) is -1.26. The minimum Gasteiger partial charge on any atom is -0.492 e. The lowest BCUT2D eigenvalue weighted by Gasteiger charge is -2.10. The largest absolute Gasteiger partial charge is 0.492 e. The third-order valence-corrected chi connectivity index (χ3v) is 4.11. The molecule has 0 aliphatic heterocycles. The van der Waals surface area contributed by atoms with Gasteiger partial charge in [0.05, 0.1) is 22.6 Å². The zero-order valence-corrected chi connectivity index (χ0v) is 13.6. The maximum Gasteiger partial charge on any atom is 0.411 e.